The molecule has 0 aliphatic carbocycles. The van der Waals surface area contributed by atoms with Crippen LogP contribution in [-0.4, -0.2) is 12.3 Å². The van der Waals surface area contributed by atoms with Gasteiger partial charge in [-0.25, -0.2) is 0 Å². The van der Waals surface area contributed by atoms with Gasteiger partial charge < -0.3 is 5.32 Å². The maximum atomic E-state index is 3.68. The SMILES string of the molecule is CCNC(c1cc2c(s1)CCSC2)c1sccc1Br. The van der Waals surface area contributed by atoms with E-state index in [1.807, 2.05) is 22.7 Å². The minimum Gasteiger partial charge on any atom is -0.305 e. The summed E-state index contributed by atoms with van der Waals surface area (Å²) in [5, 5.41) is 5.80. The normalized spacial score (nSPS) is 16.3. The van der Waals surface area contributed by atoms with E-state index >= 15 is 0 Å². The molecule has 19 heavy (non-hydrogen) atoms. The van der Waals surface area contributed by atoms with Gasteiger partial charge in [0.05, 0.1) is 6.04 Å². The van der Waals surface area contributed by atoms with Gasteiger partial charge in [0, 0.05) is 24.9 Å². The summed E-state index contributed by atoms with van der Waals surface area (Å²) < 4.78 is 1.23. The summed E-state index contributed by atoms with van der Waals surface area (Å²) in [5.41, 5.74) is 1.56. The first-order valence-electron chi connectivity index (χ1n) is 6.45. The highest BCUT2D eigenvalue weighted by atomic mass is 79.9. The third-order valence-corrected chi connectivity index (χ3v) is 7.49. The molecule has 1 N–H and O–H groups in total. The van der Waals surface area contributed by atoms with Gasteiger partial charge in [-0.05, 0) is 57.7 Å². The van der Waals surface area contributed by atoms with Crippen molar-refractivity contribution in [1.82, 2.24) is 5.32 Å². The van der Waals surface area contributed by atoms with Crippen LogP contribution < -0.4 is 5.32 Å². The van der Waals surface area contributed by atoms with Gasteiger partial charge in [-0.15, -0.1) is 22.7 Å². The first-order valence-corrected chi connectivity index (χ1v) is 10.1. The van der Waals surface area contributed by atoms with Crippen molar-refractivity contribution in [2.75, 3.05) is 12.3 Å². The van der Waals surface area contributed by atoms with Crippen LogP contribution in [0.4, 0.5) is 0 Å². The lowest BCUT2D eigenvalue weighted by atomic mass is 10.1. The highest BCUT2D eigenvalue weighted by Crippen LogP contribution is 2.39. The zero-order chi connectivity index (χ0) is 13.2. The molecule has 3 rings (SSSR count). The van der Waals surface area contributed by atoms with Crippen molar-refractivity contribution in [3.05, 3.63) is 42.2 Å². The van der Waals surface area contributed by atoms with Gasteiger partial charge in [0.15, 0.2) is 0 Å². The second-order valence-corrected chi connectivity index (χ2v) is 8.60. The molecule has 3 heterocycles. The Morgan fingerprint density at radius 1 is 1.47 bits per heavy atom. The van der Waals surface area contributed by atoms with Gasteiger partial charge in [-0.1, -0.05) is 6.92 Å². The Bertz CT molecular complexity index is 537. The Balaban J connectivity index is 1.96. The van der Waals surface area contributed by atoms with E-state index in [-0.39, 0.29) is 0 Å². The van der Waals surface area contributed by atoms with Crippen LogP contribution >= 0.6 is 50.4 Å². The summed E-state index contributed by atoms with van der Waals surface area (Å²) in [6.07, 6.45) is 1.25. The van der Waals surface area contributed by atoms with E-state index in [2.05, 4.69) is 57.4 Å². The topological polar surface area (TPSA) is 12.0 Å². The number of thiophene rings is 2. The van der Waals surface area contributed by atoms with Gasteiger partial charge in [0.1, 0.15) is 0 Å². The van der Waals surface area contributed by atoms with Gasteiger partial charge in [-0.3, -0.25) is 0 Å². The van der Waals surface area contributed by atoms with Crippen molar-refractivity contribution in [2.24, 2.45) is 0 Å². The molecular weight excluding hydrogens is 358 g/mol. The van der Waals surface area contributed by atoms with E-state index < -0.39 is 0 Å². The summed E-state index contributed by atoms with van der Waals surface area (Å²) in [6.45, 7) is 3.17. The molecule has 0 aromatic carbocycles. The fraction of sp³-hybridized carbons (Fsp3) is 0.429. The summed E-state index contributed by atoms with van der Waals surface area (Å²) >= 11 is 9.56. The van der Waals surface area contributed by atoms with Crippen molar-refractivity contribution in [3.8, 4) is 0 Å². The predicted octanol–water partition coefficient (Wildman–Crippen LogP) is 5.06. The quantitative estimate of drug-likeness (QED) is 0.803. The highest BCUT2D eigenvalue weighted by Gasteiger charge is 2.22. The molecule has 5 heteroatoms. The van der Waals surface area contributed by atoms with Gasteiger partial charge in [0.25, 0.3) is 0 Å². The Morgan fingerprint density at radius 2 is 2.37 bits per heavy atom. The minimum atomic E-state index is 0.347. The number of halogens is 1. The second kappa shape index (κ2) is 6.31. The Hall–Kier alpha value is 0.190. The third-order valence-electron chi connectivity index (χ3n) is 3.25. The highest BCUT2D eigenvalue weighted by molar-refractivity contribution is 9.10. The van der Waals surface area contributed by atoms with Crippen molar-refractivity contribution in [2.45, 2.75) is 25.1 Å². The average molecular weight is 374 g/mol. The maximum Gasteiger partial charge on any atom is 0.0776 e. The van der Waals surface area contributed by atoms with E-state index in [1.165, 1.54) is 32.2 Å². The van der Waals surface area contributed by atoms with Gasteiger partial charge in [0.2, 0.25) is 0 Å². The summed E-state index contributed by atoms with van der Waals surface area (Å²) in [5.74, 6) is 2.47. The number of nitrogens with one attached hydrogen (secondary N) is 1. The van der Waals surface area contributed by atoms with E-state index in [1.54, 1.807) is 10.4 Å². The standard InChI is InChI=1S/C14H16BrNS3/c1-2-16-13(14-10(15)3-6-18-14)12-7-9-8-17-5-4-11(9)19-12/h3,6-7,13,16H,2,4-5,8H2,1H3. The second-order valence-electron chi connectivity index (χ2n) is 4.52. The lowest BCUT2D eigenvalue weighted by molar-refractivity contribution is 0.647. The lowest BCUT2D eigenvalue weighted by Gasteiger charge is -2.15. The number of hydrogen-bond acceptors (Lipinski definition) is 4. The predicted molar refractivity (Wildman–Crippen MR) is 91.7 cm³/mol. The molecule has 102 valence electrons. The third kappa shape index (κ3) is 2.95. The fourth-order valence-electron chi connectivity index (χ4n) is 2.35. The van der Waals surface area contributed by atoms with Crippen LogP contribution in [0.1, 0.15) is 33.2 Å². The number of hydrogen-bond donors (Lipinski definition) is 1. The molecule has 2 aromatic rings. The number of aryl methyl sites for hydroxylation is 1. The van der Waals surface area contributed by atoms with Crippen LogP contribution in [0.25, 0.3) is 0 Å². The zero-order valence-electron chi connectivity index (χ0n) is 10.7. The molecule has 1 atom stereocenters. The summed E-state index contributed by atoms with van der Waals surface area (Å²) in [6, 6.07) is 4.92. The molecule has 1 aliphatic heterocycles. The van der Waals surface area contributed by atoms with E-state index in [0.29, 0.717) is 6.04 Å². The summed E-state index contributed by atoms with van der Waals surface area (Å²) in [4.78, 5) is 4.47. The van der Waals surface area contributed by atoms with Crippen LogP contribution in [0, 0.1) is 0 Å². The van der Waals surface area contributed by atoms with E-state index in [4.69, 9.17) is 0 Å². The van der Waals surface area contributed by atoms with Crippen molar-refractivity contribution in [3.63, 3.8) is 0 Å². The molecule has 0 saturated carbocycles. The number of fused-ring (bicyclic) bond motifs is 1. The lowest BCUT2D eigenvalue weighted by Crippen LogP contribution is -2.20. The Kier molecular flexibility index (Phi) is 4.70. The number of rotatable bonds is 4. The molecule has 2 aromatic heterocycles. The largest absolute Gasteiger partial charge is 0.305 e. The molecule has 0 saturated heterocycles. The first kappa shape index (κ1) is 14.1. The smallest absolute Gasteiger partial charge is 0.0776 e. The molecule has 0 bridgehead atoms. The van der Waals surface area contributed by atoms with Crippen LogP contribution in [0.5, 0.6) is 0 Å². The molecule has 0 radical (unpaired) electrons. The molecule has 0 fully saturated rings. The molecule has 1 nitrogen and oxygen atoms in total. The van der Waals surface area contributed by atoms with E-state index in [9.17, 15) is 0 Å². The zero-order valence-corrected chi connectivity index (χ0v) is 14.8. The van der Waals surface area contributed by atoms with Crippen molar-refractivity contribution >= 4 is 50.4 Å². The van der Waals surface area contributed by atoms with Crippen molar-refractivity contribution in [1.29, 1.82) is 0 Å². The Morgan fingerprint density at radius 3 is 3.05 bits per heavy atom. The molecule has 1 aliphatic rings. The Labute approximate surface area is 134 Å². The average Bonchev–Trinajstić information content (AvgIpc) is 3.02. The van der Waals surface area contributed by atoms with Gasteiger partial charge >= 0.3 is 0 Å². The molecule has 1 unspecified atom stereocenters. The summed E-state index contributed by atoms with van der Waals surface area (Å²) in [7, 11) is 0. The first-order chi connectivity index (χ1) is 9.29. The number of thioether (sulfide) groups is 1. The monoisotopic (exact) mass is 373 g/mol. The van der Waals surface area contributed by atoms with Crippen LogP contribution in [0.15, 0.2) is 22.0 Å². The minimum absolute atomic E-state index is 0.347. The van der Waals surface area contributed by atoms with Gasteiger partial charge in [-0.2, -0.15) is 11.8 Å². The fourth-order valence-corrected chi connectivity index (χ4v) is 6.58. The van der Waals surface area contributed by atoms with Crippen LogP contribution in [0.3, 0.4) is 0 Å². The molecule has 0 amide bonds. The van der Waals surface area contributed by atoms with Crippen LogP contribution in [0.2, 0.25) is 0 Å². The molecular formula is C14H16BrNS3. The maximum absolute atomic E-state index is 3.68. The molecule has 0 spiro atoms. The van der Waals surface area contributed by atoms with Crippen LogP contribution in [-0.2, 0) is 12.2 Å². The van der Waals surface area contributed by atoms with E-state index in [0.717, 1.165) is 6.54 Å². The van der Waals surface area contributed by atoms with Crippen molar-refractivity contribution < 1.29 is 0 Å².